The van der Waals surface area contributed by atoms with Crippen LogP contribution in [0.5, 0.6) is 0 Å². The summed E-state index contributed by atoms with van der Waals surface area (Å²) < 4.78 is 69.1. The second kappa shape index (κ2) is 9.24. The van der Waals surface area contributed by atoms with E-state index in [0.717, 1.165) is 29.1 Å². The van der Waals surface area contributed by atoms with Crippen LogP contribution in [0.1, 0.15) is 22.7 Å². The predicted molar refractivity (Wildman–Crippen MR) is 115 cm³/mol. The van der Waals surface area contributed by atoms with Gasteiger partial charge in [-0.2, -0.15) is 13.2 Å². The lowest BCUT2D eigenvalue weighted by Crippen LogP contribution is -2.33. The van der Waals surface area contributed by atoms with E-state index in [1.807, 2.05) is 24.5 Å². The first-order chi connectivity index (χ1) is 15.4. The van der Waals surface area contributed by atoms with Crippen LogP contribution in [0.15, 0.2) is 51.9 Å². The van der Waals surface area contributed by atoms with Crippen molar-refractivity contribution >= 4 is 27.7 Å². The Hall–Kier alpha value is -3.38. The number of benzene rings is 1. The van der Waals surface area contributed by atoms with E-state index in [-0.39, 0.29) is 10.6 Å². The van der Waals surface area contributed by atoms with Crippen LogP contribution in [0.2, 0.25) is 0 Å². The summed E-state index contributed by atoms with van der Waals surface area (Å²) in [6.45, 7) is 3.89. The zero-order valence-electron chi connectivity index (χ0n) is 17.9. The summed E-state index contributed by atoms with van der Waals surface area (Å²) in [5.41, 5.74) is 2.83. The minimum absolute atomic E-state index is 0.281. The maximum absolute atomic E-state index is 12.3. The number of rotatable bonds is 7. The van der Waals surface area contributed by atoms with E-state index >= 15 is 0 Å². The lowest BCUT2D eigenvalue weighted by molar-refractivity contribution is -0.121. The van der Waals surface area contributed by atoms with Gasteiger partial charge >= 0.3 is 6.18 Å². The molecule has 0 aliphatic rings. The third-order valence-electron chi connectivity index (χ3n) is 4.62. The molecule has 0 aliphatic heterocycles. The molecule has 0 aliphatic carbocycles. The van der Waals surface area contributed by atoms with E-state index in [4.69, 9.17) is 4.52 Å². The number of sulfonamides is 1. The fraction of sp³-hybridized carbons (Fsp3) is 0.238. The molecule has 1 amide bonds. The van der Waals surface area contributed by atoms with Crippen LogP contribution in [0.3, 0.4) is 0 Å². The van der Waals surface area contributed by atoms with Gasteiger partial charge in [-0.3, -0.25) is 9.36 Å². The van der Waals surface area contributed by atoms with Crippen LogP contribution in [-0.2, 0) is 14.8 Å². The van der Waals surface area contributed by atoms with Crippen LogP contribution in [0.25, 0.3) is 11.9 Å². The fourth-order valence-electron chi connectivity index (χ4n) is 3.09. The summed E-state index contributed by atoms with van der Waals surface area (Å²) in [5.74, 6) is 0.832. The Morgan fingerprint density at radius 3 is 2.39 bits per heavy atom. The zero-order valence-corrected chi connectivity index (χ0v) is 18.7. The molecule has 0 radical (unpaired) electrons. The Morgan fingerprint density at radius 2 is 1.82 bits per heavy atom. The number of carbonyl (C=O) groups excluding carboxylic acids is 1. The number of hydrogen-bond acceptors (Lipinski definition) is 5. The molecule has 0 saturated heterocycles. The highest BCUT2D eigenvalue weighted by molar-refractivity contribution is 7.89. The molecule has 0 bridgehead atoms. The minimum atomic E-state index is -4.67. The molecular weight excluding hydrogens is 461 g/mol. The molecule has 12 heteroatoms. The fourth-order valence-corrected chi connectivity index (χ4v) is 4.11. The van der Waals surface area contributed by atoms with Crippen molar-refractivity contribution in [1.82, 2.24) is 14.4 Å². The van der Waals surface area contributed by atoms with E-state index < -0.39 is 28.7 Å². The summed E-state index contributed by atoms with van der Waals surface area (Å²) in [6.07, 6.45) is -1.73. The van der Waals surface area contributed by atoms with Crippen LogP contribution in [0.4, 0.5) is 18.9 Å². The highest BCUT2D eigenvalue weighted by atomic mass is 32.2. The Kier molecular flexibility index (Phi) is 6.79. The molecule has 3 aromatic rings. The number of aromatic nitrogens is 2. The summed E-state index contributed by atoms with van der Waals surface area (Å²) in [7, 11) is -4.32. The molecule has 2 aromatic heterocycles. The van der Waals surface area contributed by atoms with Crippen molar-refractivity contribution in [3.8, 4) is 5.82 Å². The quantitative estimate of drug-likeness (QED) is 0.497. The highest BCUT2D eigenvalue weighted by Crippen LogP contribution is 2.22. The Balaban J connectivity index is 1.67. The lowest BCUT2D eigenvalue weighted by Gasteiger charge is -2.10. The van der Waals surface area contributed by atoms with Gasteiger partial charge in [0.15, 0.2) is 5.82 Å². The largest absolute Gasteiger partial charge is 0.402 e. The average Bonchev–Trinajstić information content (AvgIpc) is 3.27. The van der Waals surface area contributed by atoms with E-state index in [1.54, 1.807) is 19.1 Å². The maximum Gasteiger partial charge on any atom is 0.402 e. The van der Waals surface area contributed by atoms with E-state index in [1.165, 1.54) is 22.9 Å². The third kappa shape index (κ3) is 6.11. The molecule has 2 N–H and O–H groups in total. The molecule has 176 valence electrons. The standard InChI is InChI=1S/C21H21F3N4O4S/c1-13-10-16(15(3)28(13)19-11-14(2)32-27-19)4-9-20(29)26-17-5-7-18(8-6-17)33(30,31)25-12-21(22,23)24/h4-11,25H,12H2,1-3H3,(H,26,29)/b9-4+. The Morgan fingerprint density at radius 1 is 1.15 bits per heavy atom. The molecule has 0 fully saturated rings. The topological polar surface area (TPSA) is 106 Å². The Labute approximate surface area is 188 Å². The van der Waals surface area contributed by atoms with Crippen molar-refractivity contribution in [1.29, 1.82) is 0 Å². The van der Waals surface area contributed by atoms with Gasteiger partial charge in [0, 0.05) is 29.2 Å². The van der Waals surface area contributed by atoms with E-state index in [9.17, 15) is 26.4 Å². The first kappa shape index (κ1) is 24.3. The van der Waals surface area contributed by atoms with E-state index in [2.05, 4.69) is 10.5 Å². The van der Waals surface area contributed by atoms with Crippen molar-refractivity contribution in [3.63, 3.8) is 0 Å². The predicted octanol–water partition coefficient (Wildman–Crippen LogP) is 3.88. The van der Waals surface area contributed by atoms with Crippen LogP contribution >= 0.6 is 0 Å². The lowest BCUT2D eigenvalue weighted by atomic mass is 10.2. The zero-order chi connectivity index (χ0) is 24.4. The summed E-state index contributed by atoms with van der Waals surface area (Å²) in [6, 6.07) is 8.45. The number of aryl methyl sites for hydroxylation is 2. The molecule has 0 spiro atoms. The number of nitrogens with zero attached hydrogens (tertiary/aromatic N) is 2. The first-order valence-electron chi connectivity index (χ1n) is 9.64. The van der Waals surface area contributed by atoms with Gasteiger partial charge in [-0.15, -0.1) is 0 Å². The SMILES string of the molecule is Cc1cc(-n2c(C)cc(/C=C/C(=O)Nc3ccc(S(=O)(=O)NCC(F)(F)F)cc3)c2C)no1. The number of nitrogens with one attached hydrogen (secondary N) is 2. The van der Waals surface area contributed by atoms with Gasteiger partial charge in [0.05, 0.1) is 4.90 Å². The van der Waals surface area contributed by atoms with Crippen LogP contribution < -0.4 is 10.0 Å². The Bertz CT molecular complexity index is 1290. The smallest absolute Gasteiger partial charge is 0.360 e. The number of hydrogen-bond donors (Lipinski definition) is 2. The second-order valence-electron chi connectivity index (χ2n) is 7.24. The summed E-state index contributed by atoms with van der Waals surface area (Å²) in [4.78, 5) is 11.9. The number of halogens is 3. The van der Waals surface area contributed by atoms with Crippen LogP contribution in [-0.4, -0.2) is 36.8 Å². The minimum Gasteiger partial charge on any atom is -0.360 e. The monoisotopic (exact) mass is 482 g/mol. The molecule has 0 unspecified atom stereocenters. The van der Waals surface area contributed by atoms with Gasteiger partial charge in [0.25, 0.3) is 0 Å². The molecule has 33 heavy (non-hydrogen) atoms. The van der Waals surface area contributed by atoms with Gasteiger partial charge < -0.3 is 9.84 Å². The summed E-state index contributed by atoms with van der Waals surface area (Å²) >= 11 is 0. The number of alkyl halides is 3. The molecule has 2 heterocycles. The molecule has 8 nitrogen and oxygen atoms in total. The van der Waals surface area contributed by atoms with Gasteiger partial charge in [-0.25, -0.2) is 13.1 Å². The van der Waals surface area contributed by atoms with Gasteiger partial charge in [-0.1, -0.05) is 5.16 Å². The molecule has 1 aromatic carbocycles. The normalized spacial score (nSPS) is 12.4. The van der Waals surface area contributed by atoms with Crippen molar-refractivity contribution in [3.05, 3.63) is 65.2 Å². The van der Waals surface area contributed by atoms with E-state index in [0.29, 0.717) is 11.6 Å². The maximum atomic E-state index is 12.3. The first-order valence-corrected chi connectivity index (χ1v) is 11.1. The van der Waals surface area contributed by atoms with Crippen molar-refractivity contribution in [2.24, 2.45) is 0 Å². The molecule has 0 atom stereocenters. The molecule has 3 rings (SSSR count). The van der Waals surface area contributed by atoms with Crippen molar-refractivity contribution in [2.45, 2.75) is 31.8 Å². The number of anilines is 1. The molecule has 0 saturated carbocycles. The van der Waals surface area contributed by atoms with Gasteiger partial charge in [-0.05, 0) is 62.7 Å². The highest BCUT2D eigenvalue weighted by Gasteiger charge is 2.30. The average molecular weight is 482 g/mol. The number of amides is 1. The van der Waals surface area contributed by atoms with Crippen LogP contribution in [0, 0.1) is 20.8 Å². The third-order valence-corrected chi connectivity index (χ3v) is 6.04. The second-order valence-corrected chi connectivity index (χ2v) is 9.01. The van der Waals surface area contributed by atoms with Crippen molar-refractivity contribution < 1.29 is 30.9 Å². The molecular formula is C21H21F3N4O4S. The van der Waals surface area contributed by atoms with Gasteiger partial charge in [0.2, 0.25) is 15.9 Å². The number of carbonyl (C=O) groups is 1. The van der Waals surface area contributed by atoms with Crippen molar-refractivity contribution in [2.75, 3.05) is 11.9 Å². The summed E-state index contributed by atoms with van der Waals surface area (Å²) in [5, 5.41) is 6.57. The van der Waals surface area contributed by atoms with Gasteiger partial charge in [0.1, 0.15) is 12.3 Å².